The van der Waals surface area contributed by atoms with Gasteiger partial charge in [0.05, 0.1) is 18.2 Å². The van der Waals surface area contributed by atoms with Crippen LogP contribution in [0.1, 0.15) is 24.8 Å². The summed E-state index contributed by atoms with van der Waals surface area (Å²) in [6.45, 7) is 2.93. The number of rotatable bonds is 4. The van der Waals surface area contributed by atoms with Gasteiger partial charge in [-0.25, -0.2) is 0 Å². The Labute approximate surface area is 159 Å². The summed E-state index contributed by atoms with van der Waals surface area (Å²) in [5.74, 6) is 3.00. The lowest BCUT2D eigenvalue weighted by Gasteiger charge is -2.14. The Hall–Kier alpha value is -0.890. The van der Waals surface area contributed by atoms with Crippen LogP contribution in [0.15, 0.2) is 17.1 Å². The molecule has 0 unspecified atom stereocenters. The monoisotopic (exact) mass is 451 g/mol. The van der Waals surface area contributed by atoms with Gasteiger partial charge < -0.3 is 20.1 Å². The number of ether oxygens (including phenoxy) is 2. The molecular weight excluding hydrogens is 429 g/mol. The molecule has 0 atom stereocenters. The van der Waals surface area contributed by atoms with Crippen molar-refractivity contribution in [3.05, 3.63) is 22.7 Å². The smallest absolute Gasteiger partial charge is 0.191 e. The van der Waals surface area contributed by atoms with Crippen molar-refractivity contribution in [3.8, 4) is 11.5 Å². The second-order valence-electron chi connectivity index (χ2n) is 5.71. The van der Waals surface area contributed by atoms with Crippen LogP contribution in [0.5, 0.6) is 11.5 Å². The van der Waals surface area contributed by atoms with Gasteiger partial charge in [-0.2, -0.15) is 0 Å². The van der Waals surface area contributed by atoms with E-state index in [-0.39, 0.29) is 24.0 Å². The number of hydrogen-bond donors (Lipinski definition) is 2. The maximum Gasteiger partial charge on any atom is 0.191 e. The Morgan fingerprint density at radius 1 is 1.26 bits per heavy atom. The van der Waals surface area contributed by atoms with E-state index in [2.05, 4.69) is 15.6 Å². The second-order valence-corrected chi connectivity index (χ2v) is 6.11. The molecule has 128 valence electrons. The fourth-order valence-electron chi connectivity index (χ4n) is 2.36. The van der Waals surface area contributed by atoms with Crippen LogP contribution in [0.3, 0.4) is 0 Å². The van der Waals surface area contributed by atoms with Crippen molar-refractivity contribution in [1.82, 2.24) is 10.6 Å². The van der Waals surface area contributed by atoms with Gasteiger partial charge in [0, 0.05) is 26.6 Å². The number of guanidine groups is 1. The van der Waals surface area contributed by atoms with Crippen LogP contribution in [0.2, 0.25) is 5.02 Å². The van der Waals surface area contributed by atoms with Crippen molar-refractivity contribution in [1.29, 1.82) is 0 Å². The number of benzene rings is 1. The zero-order chi connectivity index (χ0) is 15.4. The molecular formula is C16H23ClIN3O2. The van der Waals surface area contributed by atoms with Gasteiger partial charge in [0.1, 0.15) is 0 Å². The van der Waals surface area contributed by atoms with E-state index >= 15 is 0 Å². The fourth-order valence-corrected chi connectivity index (χ4v) is 2.64. The van der Waals surface area contributed by atoms with E-state index in [1.165, 1.54) is 12.8 Å². The molecule has 0 saturated heterocycles. The van der Waals surface area contributed by atoms with Crippen molar-refractivity contribution in [3.63, 3.8) is 0 Å². The summed E-state index contributed by atoms with van der Waals surface area (Å²) in [5.41, 5.74) is 1.05. The maximum atomic E-state index is 6.30. The first kappa shape index (κ1) is 18.4. The molecule has 0 amide bonds. The van der Waals surface area contributed by atoms with Crippen LogP contribution in [-0.2, 0) is 6.54 Å². The van der Waals surface area contributed by atoms with Crippen LogP contribution in [0, 0.1) is 5.92 Å². The highest BCUT2D eigenvalue weighted by Gasteiger charge is 2.21. The predicted octanol–water partition coefficient (Wildman–Crippen LogP) is 3.19. The Morgan fingerprint density at radius 3 is 2.78 bits per heavy atom. The molecule has 1 aliphatic carbocycles. The van der Waals surface area contributed by atoms with Gasteiger partial charge in [-0.05, 0) is 36.5 Å². The highest BCUT2D eigenvalue weighted by molar-refractivity contribution is 14.0. The van der Waals surface area contributed by atoms with E-state index < -0.39 is 0 Å². The van der Waals surface area contributed by atoms with E-state index in [0.717, 1.165) is 36.2 Å². The molecule has 2 N–H and O–H groups in total. The third-order valence-corrected chi connectivity index (χ3v) is 4.08. The zero-order valence-corrected chi connectivity index (χ0v) is 16.3. The lowest BCUT2D eigenvalue weighted by atomic mass is 10.2. The number of hydrogen-bond acceptors (Lipinski definition) is 3. The van der Waals surface area contributed by atoms with Crippen LogP contribution in [0.25, 0.3) is 0 Å². The summed E-state index contributed by atoms with van der Waals surface area (Å²) in [6.07, 6.45) is 3.51. The van der Waals surface area contributed by atoms with Gasteiger partial charge in [-0.15, -0.1) is 24.0 Å². The number of fused-ring (bicyclic) bond motifs is 1. The number of aliphatic imine (C=N–C) groups is 1. The first-order chi connectivity index (χ1) is 10.8. The molecule has 2 aliphatic rings. The largest absolute Gasteiger partial charge is 0.489 e. The molecule has 1 fully saturated rings. The van der Waals surface area contributed by atoms with E-state index in [9.17, 15) is 0 Å². The molecule has 23 heavy (non-hydrogen) atoms. The molecule has 0 bridgehead atoms. The highest BCUT2D eigenvalue weighted by atomic mass is 127. The van der Waals surface area contributed by atoms with Crippen molar-refractivity contribution in [2.24, 2.45) is 10.9 Å². The summed E-state index contributed by atoms with van der Waals surface area (Å²) < 4.78 is 11.3. The van der Waals surface area contributed by atoms with E-state index in [4.69, 9.17) is 21.1 Å². The van der Waals surface area contributed by atoms with Crippen molar-refractivity contribution < 1.29 is 9.47 Å². The van der Waals surface area contributed by atoms with Gasteiger partial charge >= 0.3 is 0 Å². The summed E-state index contributed by atoms with van der Waals surface area (Å²) in [7, 11) is 1.78. The molecule has 1 aromatic carbocycles. The second kappa shape index (κ2) is 8.82. The molecule has 1 heterocycles. The molecule has 0 aromatic heterocycles. The molecule has 1 aliphatic heterocycles. The normalized spacial score (nSPS) is 17.0. The molecule has 0 radical (unpaired) electrons. The molecule has 5 nitrogen and oxygen atoms in total. The number of nitrogens with zero attached hydrogens (tertiary/aromatic N) is 1. The molecule has 7 heteroatoms. The Balaban J connectivity index is 0.00000192. The van der Waals surface area contributed by atoms with Crippen molar-refractivity contribution >= 4 is 41.5 Å². The van der Waals surface area contributed by atoms with Crippen LogP contribution < -0.4 is 20.1 Å². The highest BCUT2D eigenvalue weighted by Crippen LogP contribution is 2.37. The standard InChI is InChI=1S/C16H22ClN3O2.HI/c1-18-16(19-9-11-3-4-11)20-10-12-7-13(17)15-14(8-12)21-5-2-6-22-15;/h7-8,11H,2-6,9-10H2,1H3,(H2,18,19,20);1H. The quantitative estimate of drug-likeness (QED) is 0.419. The third-order valence-electron chi connectivity index (χ3n) is 3.80. The van der Waals surface area contributed by atoms with E-state index in [0.29, 0.717) is 30.5 Å². The lowest BCUT2D eigenvalue weighted by Crippen LogP contribution is -2.37. The van der Waals surface area contributed by atoms with Crippen molar-refractivity contribution in [2.75, 3.05) is 26.8 Å². The number of nitrogens with one attached hydrogen (secondary N) is 2. The SMILES string of the molecule is CN=C(NCc1cc(Cl)c2c(c1)OCCCO2)NCC1CC1.I. The molecule has 1 aromatic rings. The van der Waals surface area contributed by atoms with E-state index in [1.54, 1.807) is 7.05 Å². The van der Waals surface area contributed by atoms with Gasteiger partial charge in [-0.1, -0.05) is 11.6 Å². The topological polar surface area (TPSA) is 54.9 Å². The van der Waals surface area contributed by atoms with E-state index in [1.807, 2.05) is 12.1 Å². The summed E-state index contributed by atoms with van der Waals surface area (Å²) in [6, 6.07) is 3.89. The Kier molecular flexibility index (Phi) is 7.08. The minimum atomic E-state index is 0. The first-order valence-electron chi connectivity index (χ1n) is 7.79. The fraction of sp³-hybridized carbons (Fsp3) is 0.562. The zero-order valence-electron chi connectivity index (χ0n) is 13.2. The maximum absolute atomic E-state index is 6.30. The summed E-state index contributed by atoms with van der Waals surface area (Å²) in [4.78, 5) is 4.23. The minimum Gasteiger partial charge on any atom is -0.489 e. The van der Waals surface area contributed by atoms with Crippen LogP contribution in [0.4, 0.5) is 0 Å². The Bertz CT molecular complexity index is 565. The van der Waals surface area contributed by atoms with Gasteiger partial charge in [-0.3, -0.25) is 4.99 Å². The average Bonchev–Trinajstić information content (AvgIpc) is 3.33. The third kappa shape index (κ3) is 5.31. The van der Waals surface area contributed by atoms with Gasteiger partial charge in [0.25, 0.3) is 0 Å². The van der Waals surface area contributed by atoms with Crippen molar-refractivity contribution in [2.45, 2.75) is 25.8 Å². The molecule has 0 spiro atoms. The van der Waals surface area contributed by atoms with Crippen LogP contribution in [-0.4, -0.2) is 32.8 Å². The first-order valence-corrected chi connectivity index (χ1v) is 8.16. The Morgan fingerprint density at radius 2 is 2.04 bits per heavy atom. The predicted molar refractivity (Wildman–Crippen MR) is 103 cm³/mol. The summed E-state index contributed by atoms with van der Waals surface area (Å²) in [5, 5.41) is 7.24. The number of halogens is 2. The lowest BCUT2D eigenvalue weighted by molar-refractivity contribution is 0.297. The summed E-state index contributed by atoms with van der Waals surface area (Å²) >= 11 is 6.30. The van der Waals surface area contributed by atoms with Gasteiger partial charge in [0.2, 0.25) is 0 Å². The van der Waals surface area contributed by atoms with Gasteiger partial charge in [0.15, 0.2) is 17.5 Å². The molecule has 3 rings (SSSR count). The minimum absolute atomic E-state index is 0. The average molecular weight is 452 g/mol. The molecule has 1 saturated carbocycles. The van der Waals surface area contributed by atoms with Crippen LogP contribution >= 0.6 is 35.6 Å².